The van der Waals surface area contributed by atoms with Crippen LogP contribution in [0, 0.1) is 6.92 Å². The summed E-state index contributed by atoms with van der Waals surface area (Å²) in [6.45, 7) is 8.19. The van der Waals surface area contributed by atoms with Crippen molar-refractivity contribution in [3.05, 3.63) is 21.9 Å². The van der Waals surface area contributed by atoms with Crippen molar-refractivity contribution >= 4 is 17.2 Å². The maximum atomic E-state index is 5.89. The van der Waals surface area contributed by atoms with Crippen molar-refractivity contribution in [2.24, 2.45) is 10.7 Å². The van der Waals surface area contributed by atoms with E-state index in [0.29, 0.717) is 5.84 Å². The van der Waals surface area contributed by atoms with Gasteiger partial charge in [0.1, 0.15) is 5.84 Å². The van der Waals surface area contributed by atoms with Crippen molar-refractivity contribution in [3.63, 3.8) is 0 Å². The monoisotopic (exact) mass is 196 g/mol. The Bertz CT molecular complexity index is 318. The normalized spacial score (nSPS) is 13.4. The third-order valence-electron chi connectivity index (χ3n) is 1.55. The van der Waals surface area contributed by atoms with Crippen LogP contribution in [0.4, 0.5) is 0 Å². The molecule has 2 N–H and O–H groups in total. The van der Waals surface area contributed by atoms with Gasteiger partial charge in [0.2, 0.25) is 0 Å². The Labute approximate surface area is 83.5 Å². The van der Waals surface area contributed by atoms with E-state index in [2.05, 4.69) is 18.0 Å². The van der Waals surface area contributed by atoms with Crippen LogP contribution in [0.25, 0.3) is 0 Å². The van der Waals surface area contributed by atoms with Gasteiger partial charge in [-0.15, -0.1) is 11.3 Å². The van der Waals surface area contributed by atoms with Gasteiger partial charge in [0, 0.05) is 0 Å². The van der Waals surface area contributed by atoms with Gasteiger partial charge in [-0.05, 0) is 44.7 Å². The lowest BCUT2D eigenvalue weighted by Gasteiger charge is -2.13. The molecule has 72 valence electrons. The molecule has 0 unspecified atom stereocenters. The number of amidine groups is 1. The second-order valence-corrected chi connectivity index (χ2v) is 5.02. The lowest BCUT2D eigenvalue weighted by atomic mass is 10.1. The van der Waals surface area contributed by atoms with Crippen LogP contribution in [0.15, 0.2) is 16.4 Å². The SMILES string of the molecule is Cc1ccsc1C(N)=NC(C)(C)C. The van der Waals surface area contributed by atoms with Gasteiger partial charge in [0.05, 0.1) is 10.4 Å². The second kappa shape index (κ2) is 3.50. The Hall–Kier alpha value is -0.830. The molecule has 3 heteroatoms. The van der Waals surface area contributed by atoms with E-state index in [0.717, 1.165) is 4.88 Å². The highest BCUT2D eigenvalue weighted by Gasteiger charge is 2.11. The number of rotatable bonds is 1. The van der Waals surface area contributed by atoms with Crippen LogP contribution < -0.4 is 5.73 Å². The Balaban J connectivity index is 2.98. The highest BCUT2D eigenvalue weighted by Crippen LogP contribution is 2.17. The van der Waals surface area contributed by atoms with E-state index < -0.39 is 0 Å². The first kappa shape index (κ1) is 10.3. The molecule has 0 aromatic carbocycles. The molecule has 0 atom stereocenters. The summed E-state index contributed by atoms with van der Waals surface area (Å²) in [6, 6.07) is 2.06. The molecule has 1 aromatic rings. The molecule has 1 rings (SSSR count). The van der Waals surface area contributed by atoms with Crippen LogP contribution in [0.3, 0.4) is 0 Å². The molecule has 0 fully saturated rings. The number of thiophene rings is 1. The Morgan fingerprint density at radius 2 is 2.08 bits per heavy atom. The maximum Gasteiger partial charge on any atom is 0.136 e. The van der Waals surface area contributed by atoms with Crippen molar-refractivity contribution in [2.45, 2.75) is 33.2 Å². The molecular formula is C10H16N2S. The molecule has 0 amide bonds. The standard InChI is InChI=1S/C10H16N2S/c1-7-5-6-13-8(7)9(11)12-10(2,3)4/h5-6H,1-4H3,(H2,11,12). The predicted octanol–water partition coefficient (Wildman–Crippen LogP) is 2.56. The summed E-state index contributed by atoms with van der Waals surface area (Å²) in [5.41, 5.74) is 6.99. The Morgan fingerprint density at radius 3 is 2.46 bits per heavy atom. The number of hydrogen-bond acceptors (Lipinski definition) is 2. The number of aryl methyl sites for hydroxylation is 1. The van der Waals surface area contributed by atoms with Crippen molar-refractivity contribution in [3.8, 4) is 0 Å². The van der Waals surface area contributed by atoms with E-state index in [1.807, 2.05) is 26.2 Å². The fourth-order valence-corrected chi connectivity index (χ4v) is 1.88. The third kappa shape index (κ3) is 2.84. The summed E-state index contributed by atoms with van der Waals surface area (Å²) < 4.78 is 0. The minimum Gasteiger partial charge on any atom is -0.383 e. The first-order valence-electron chi connectivity index (χ1n) is 4.30. The van der Waals surface area contributed by atoms with E-state index in [4.69, 9.17) is 5.73 Å². The van der Waals surface area contributed by atoms with Gasteiger partial charge >= 0.3 is 0 Å². The van der Waals surface area contributed by atoms with Crippen molar-refractivity contribution < 1.29 is 0 Å². The topological polar surface area (TPSA) is 38.4 Å². The number of nitrogens with zero attached hydrogens (tertiary/aromatic N) is 1. The van der Waals surface area contributed by atoms with E-state index >= 15 is 0 Å². The van der Waals surface area contributed by atoms with Gasteiger partial charge < -0.3 is 5.73 Å². The summed E-state index contributed by atoms with van der Waals surface area (Å²) in [5.74, 6) is 0.653. The molecule has 0 bridgehead atoms. The molecule has 1 heterocycles. The predicted molar refractivity (Wildman–Crippen MR) is 59.5 cm³/mol. The van der Waals surface area contributed by atoms with Crippen LogP contribution >= 0.6 is 11.3 Å². The van der Waals surface area contributed by atoms with E-state index in [1.54, 1.807) is 11.3 Å². The second-order valence-electron chi connectivity index (χ2n) is 4.10. The molecule has 0 aliphatic carbocycles. The highest BCUT2D eigenvalue weighted by atomic mass is 32.1. The minimum absolute atomic E-state index is 0.0967. The van der Waals surface area contributed by atoms with Gasteiger partial charge in [-0.1, -0.05) is 0 Å². The van der Waals surface area contributed by atoms with Crippen LogP contribution in [-0.4, -0.2) is 11.4 Å². The zero-order chi connectivity index (χ0) is 10.1. The summed E-state index contributed by atoms with van der Waals surface area (Å²) in [4.78, 5) is 5.51. The molecule has 0 saturated carbocycles. The molecule has 0 saturated heterocycles. The lowest BCUT2D eigenvalue weighted by Crippen LogP contribution is -2.20. The third-order valence-corrected chi connectivity index (χ3v) is 2.59. The average Bonchev–Trinajstić information content (AvgIpc) is 2.30. The summed E-state index contributed by atoms with van der Waals surface area (Å²) in [5, 5.41) is 2.04. The van der Waals surface area contributed by atoms with E-state index in [9.17, 15) is 0 Å². The molecule has 0 spiro atoms. The van der Waals surface area contributed by atoms with Crippen molar-refractivity contribution in [2.75, 3.05) is 0 Å². The first-order valence-corrected chi connectivity index (χ1v) is 5.18. The first-order chi connectivity index (χ1) is 5.90. The number of nitrogens with two attached hydrogens (primary N) is 1. The van der Waals surface area contributed by atoms with E-state index in [1.165, 1.54) is 5.56 Å². The van der Waals surface area contributed by atoms with Gasteiger partial charge in [-0.25, -0.2) is 0 Å². The van der Waals surface area contributed by atoms with Gasteiger partial charge in [-0.2, -0.15) is 0 Å². The Morgan fingerprint density at radius 1 is 1.46 bits per heavy atom. The molecule has 2 nitrogen and oxygen atoms in total. The summed E-state index contributed by atoms with van der Waals surface area (Å²) in [7, 11) is 0. The molecule has 1 aromatic heterocycles. The van der Waals surface area contributed by atoms with Crippen molar-refractivity contribution in [1.82, 2.24) is 0 Å². The number of aliphatic imine (C=N–C) groups is 1. The average molecular weight is 196 g/mol. The Kier molecular flexibility index (Phi) is 2.76. The molecule has 0 aliphatic heterocycles. The minimum atomic E-state index is -0.0967. The van der Waals surface area contributed by atoms with Crippen LogP contribution in [0.2, 0.25) is 0 Å². The smallest absolute Gasteiger partial charge is 0.136 e. The van der Waals surface area contributed by atoms with Crippen LogP contribution in [0.1, 0.15) is 31.2 Å². The van der Waals surface area contributed by atoms with Crippen LogP contribution in [-0.2, 0) is 0 Å². The summed E-state index contributed by atoms with van der Waals surface area (Å²) >= 11 is 1.64. The lowest BCUT2D eigenvalue weighted by molar-refractivity contribution is 0.583. The van der Waals surface area contributed by atoms with Crippen molar-refractivity contribution in [1.29, 1.82) is 0 Å². The molecular weight excluding hydrogens is 180 g/mol. The number of hydrogen-bond donors (Lipinski definition) is 1. The fraction of sp³-hybridized carbons (Fsp3) is 0.500. The van der Waals surface area contributed by atoms with Gasteiger partial charge in [0.25, 0.3) is 0 Å². The molecule has 13 heavy (non-hydrogen) atoms. The van der Waals surface area contributed by atoms with E-state index in [-0.39, 0.29) is 5.54 Å². The fourth-order valence-electron chi connectivity index (χ4n) is 1.05. The quantitative estimate of drug-likeness (QED) is 0.544. The zero-order valence-electron chi connectivity index (χ0n) is 8.59. The molecule has 0 radical (unpaired) electrons. The largest absolute Gasteiger partial charge is 0.383 e. The zero-order valence-corrected chi connectivity index (χ0v) is 9.40. The van der Waals surface area contributed by atoms with Gasteiger partial charge in [-0.3, -0.25) is 4.99 Å². The molecule has 0 aliphatic rings. The highest BCUT2D eigenvalue weighted by molar-refractivity contribution is 7.12. The van der Waals surface area contributed by atoms with Crippen LogP contribution in [0.5, 0.6) is 0 Å². The maximum absolute atomic E-state index is 5.89. The van der Waals surface area contributed by atoms with Gasteiger partial charge in [0.15, 0.2) is 0 Å². The summed E-state index contributed by atoms with van der Waals surface area (Å²) in [6.07, 6.45) is 0.